The molecular weight excluding hydrogens is 703 g/mol. The highest BCUT2D eigenvalue weighted by Gasteiger charge is 2.31. The van der Waals surface area contributed by atoms with Gasteiger partial charge in [-0.05, 0) is 44.9 Å². The Labute approximate surface area is 344 Å². The lowest BCUT2D eigenvalue weighted by atomic mass is 10.0. The van der Waals surface area contributed by atoms with Crippen molar-refractivity contribution in [1.29, 1.82) is 0 Å². The molecule has 8 heteroatoms. The molecule has 0 aromatic rings. The van der Waals surface area contributed by atoms with Gasteiger partial charge in [0.15, 0.2) is 12.1 Å². The molecule has 8 nitrogen and oxygen atoms in total. The molecule has 0 radical (unpaired) electrons. The van der Waals surface area contributed by atoms with Gasteiger partial charge in [-0.15, -0.1) is 0 Å². The van der Waals surface area contributed by atoms with Gasteiger partial charge in [0.05, 0.1) is 34.4 Å². The van der Waals surface area contributed by atoms with Crippen molar-refractivity contribution in [2.75, 3.05) is 41.0 Å². The Balaban J connectivity index is 4.25. The lowest BCUT2D eigenvalue weighted by Gasteiger charge is -2.31. The second-order valence-corrected chi connectivity index (χ2v) is 16.6. The van der Waals surface area contributed by atoms with Crippen LogP contribution in [0.15, 0.2) is 36.5 Å². The number of esters is 2. The molecule has 0 aliphatic carbocycles. The predicted molar refractivity (Wildman–Crippen MR) is 234 cm³/mol. The molecule has 0 aliphatic heterocycles. The van der Waals surface area contributed by atoms with Crippen molar-refractivity contribution in [3.63, 3.8) is 0 Å². The first-order chi connectivity index (χ1) is 27.1. The van der Waals surface area contributed by atoms with Crippen molar-refractivity contribution in [2.24, 2.45) is 0 Å². The fourth-order valence-corrected chi connectivity index (χ4v) is 6.75. The summed E-state index contributed by atoms with van der Waals surface area (Å²) in [6.07, 6.45) is 44.9. The van der Waals surface area contributed by atoms with Crippen LogP contribution in [0.4, 0.5) is 0 Å². The zero-order valence-electron chi connectivity index (χ0n) is 37.1. The summed E-state index contributed by atoms with van der Waals surface area (Å²) < 4.78 is 17.2. The summed E-state index contributed by atoms with van der Waals surface area (Å²) >= 11 is 0. The second kappa shape index (κ2) is 39.4. The number of likely N-dealkylation sites (N-methyl/N-ethyl adjacent to an activating group) is 1. The lowest BCUT2D eigenvalue weighted by Crippen LogP contribution is -2.50. The van der Waals surface area contributed by atoms with Crippen LogP contribution >= 0.6 is 0 Å². The van der Waals surface area contributed by atoms with E-state index in [1.807, 2.05) is 21.1 Å². The summed E-state index contributed by atoms with van der Waals surface area (Å²) in [4.78, 5) is 36.9. The molecule has 326 valence electrons. The highest BCUT2D eigenvalue weighted by atomic mass is 16.6. The summed E-state index contributed by atoms with van der Waals surface area (Å²) in [7, 11) is 5.51. The third kappa shape index (κ3) is 37.1. The molecule has 0 aromatic heterocycles. The Hall–Kier alpha value is -2.45. The number of carbonyl (C=O) groups excluding carboxylic acids is 2. The van der Waals surface area contributed by atoms with Crippen molar-refractivity contribution >= 4 is 17.9 Å². The summed E-state index contributed by atoms with van der Waals surface area (Å²) in [5.41, 5.74) is 0. The van der Waals surface area contributed by atoms with Crippen molar-refractivity contribution in [1.82, 2.24) is 0 Å². The number of unbranched alkanes of at least 4 members (excludes halogenated alkanes) is 21. The number of allylic oxidation sites excluding steroid dienone is 6. The molecule has 0 saturated heterocycles. The van der Waals surface area contributed by atoms with Gasteiger partial charge in [-0.2, -0.15) is 0 Å². The van der Waals surface area contributed by atoms with Gasteiger partial charge in [-0.3, -0.25) is 9.59 Å². The average Bonchev–Trinajstić information content (AvgIpc) is 3.15. The molecule has 0 saturated carbocycles. The van der Waals surface area contributed by atoms with Gasteiger partial charge in [0.2, 0.25) is 0 Å². The number of ether oxygens (including phenoxy) is 3. The number of quaternary nitrogens is 1. The van der Waals surface area contributed by atoms with Gasteiger partial charge in [0, 0.05) is 19.3 Å². The van der Waals surface area contributed by atoms with E-state index >= 15 is 0 Å². The first-order valence-electron chi connectivity index (χ1n) is 23.0. The lowest BCUT2D eigenvalue weighted by molar-refractivity contribution is -0.887. The maximum absolute atomic E-state index is 12.7. The summed E-state index contributed by atoms with van der Waals surface area (Å²) in [5, 5.41) is 9.61. The second-order valence-electron chi connectivity index (χ2n) is 16.6. The summed E-state index contributed by atoms with van der Waals surface area (Å²) in [6.45, 7) is 4.59. The molecule has 0 aromatic carbocycles. The van der Waals surface area contributed by atoms with Gasteiger partial charge in [-0.25, -0.2) is 4.79 Å². The largest absolute Gasteiger partial charge is 0.477 e. The number of carboxylic acid groups (broad SMARTS) is 1. The fourth-order valence-electron chi connectivity index (χ4n) is 6.75. The summed E-state index contributed by atoms with van der Waals surface area (Å²) in [6, 6.07) is -0.620. The maximum Gasteiger partial charge on any atom is 0.362 e. The van der Waals surface area contributed by atoms with Crippen molar-refractivity contribution in [2.45, 2.75) is 212 Å². The number of nitrogens with zero attached hydrogens (tertiary/aromatic N) is 1. The summed E-state index contributed by atoms with van der Waals surface area (Å²) in [5.74, 6) is -1.51. The van der Waals surface area contributed by atoms with E-state index < -0.39 is 18.1 Å². The van der Waals surface area contributed by atoms with Crippen LogP contribution in [0.25, 0.3) is 0 Å². The Kier molecular flexibility index (Phi) is 37.7. The highest BCUT2D eigenvalue weighted by molar-refractivity contribution is 5.72. The number of rotatable bonds is 41. The zero-order valence-corrected chi connectivity index (χ0v) is 37.1. The van der Waals surface area contributed by atoms with E-state index in [1.54, 1.807) is 0 Å². The van der Waals surface area contributed by atoms with Crippen molar-refractivity contribution in [3.05, 3.63) is 36.5 Å². The molecular formula is C48H88NO7+. The Morgan fingerprint density at radius 3 is 1.48 bits per heavy atom. The number of aliphatic carboxylic acids is 1. The normalized spacial score (nSPS) is 13.2. The van der Waals surface area contributed by atoms with Gasteiger partial charge in [0.25, 0.3) is 0 Å². The quantitative estimate of drug-likeness (QED) is 0.0285. The van der Waals surface area contributed by atoms with Crippen LogP contribution in [0, 0.1) is 0 Å². The number of hydrogen-bond donors (Lipinski definition) is 1. The van der Waals surface area contributed by atoms with E-state index in [-0.39, 0.29) is 42.7 Å². The van der Waals surface area contributed by atoms with E-state index in [0.29, 0.717) is 19.3 Å². The van der Waals surface area contributed by atoms with Crippen LogP contribution in [0.2, 0.25) is 0 Å². The topological polar surface area (TPSA) is 99.1 Å². The molecule has 2 unspecified atom stereocenters. The van der Waals surface area contributed by atoms with Crippen LogP contribution in [-0.2, 0) is 28.6 Å². The van der Waals surface area contributed by atoms with Crippen LogP contribution in [0.3, 0.4) is 0 Å². The minimum atomic E-state index is -0.880. The standard InChI is InChI=1S/C48H87NO7/c1-6-8-10-12-14-16-18-20-21-22-23-24-25-26-27-29-30-32-34-36-38-46(50)55-43-44(42-54-41-40-45(48(52)53)49(3,4)5)56-47(51)39-37-35-33-31-28-19-17-15-13-11-9-7-2/h9,11,15,17,28,31,44-45H,6-8,10,12-14,16,18-27,29-30,32-43H2,1-5H3/p+1/b11-9+,17-15+,31-28+. The van der Waals surface area contributed by atoms with Crippen molar-refractivity contribution < 1.29 is 38.2 Å². The van der Waals surface area contributed by atoms with E-state index in [0.717, 1.165) is 51.4 Å². The van der Waals surface area contributed by atoms with Gasteiger partial charge < -0.3 is 23.8 Å². The SMILES string of the molecule is CC/C=C/C/C=C/C/C=C/CCCCC(=O)OC(COCCC(C(=O)O)[N+](C)(C)C)COC(=O)CCCCCCCCCCCCCCCCCCCCCC. The molecule has 0 rings (SSSR count). The Bertz CT molecular complexity index is 1020. The monoisotopic (exact) mass is 791 g/mol. The number of carbonyl (C=O) groups is 3. The average molecular weight is 791 g/mol. The van der Waals surface area contributed by atoms with E-state index in [4.69, 9.17) is 14.2 Å². The van der Waals surface area contributed by atoms with E-state index in [1.165, 1.54) is 109 Å². The Morgan fingerprint density at radius 2 is 1.00 bits per heavy atom. The maximum atomic E-state index is 12.7. The van der Waals surface area contributed by atoms with Gasteiger partial charge >= 0.3 is 17.9 Å². The third-order valence-corrected chi connectivity index (χ3v) is 10.3. The smallest absolute Gasteiger partial charge is 0.362 e. The van der Waals surface area contributed by atoms with Gasteiger partial charge in [0.1, 0.15) is 6.61 Å². The molecule has 0 amide bonds. The van der Waals surface area contributed by atoms with Crippen LogP contribution < -0.4 is 0 Å². The minimum absolute atomic E-state index is 0.0479. The predicted octanol–water partition coefficient (Wildman–Crippen LogP) is 12.6. The zero-order chi connectivity index (χ0) is 41.4. The van der Waals surface area contributed by atoms with E-state index in [9.17, 15) is 19.5 Å². The molecule has 0 aliphatic rings. The third-order valence-electron chi connectivity index (χ3n) is 10.3. The van der Waals surface area contributed by atoms with E-state index in [2.05, 4.69) is 50.3 Å². The Morgan fingerprint density at radius 1 is 0.554 bits per heavy atom. The number of carboxylic acids is 1. The molecule has 0 spiro atoms. The molecule has 0 fully saturated rings. The fraction of sp³-hybridized carbons (Fsp3) is 0.812. The molecule has 0 heterocycles. The minimum Gasteiger partial charge on any atom is -0.477 e. The molecule has 0 bridgehead atoms. The van der Waals surface area contributed by atoms with Crippen LogP contribution in [0.5, 0.6) is 0 Å². The molecule has 1 N–H and O–H groups in total. The molecule has 56 heavy (non-hydrogen) atoms. The molecule has 2 atom stereocenters. The number of hydrogen-bond acceptors (Lipinski definition) is 6. The van der Waals surface area contributed by atoms with Gasteiger partial charge in [-0.1, -0.05) is 172 Å². The van der Waals surface area contributed by atoms with Crippen LogP contribution in [0.1, 0.15) is 200 Å². The van der Waals surface area contributed by atoms with Crippen LogP contribution in [-0.4, -0.2) is 80.6 Å². The first kappa shape index (κ1) is 53.6. The highest BCUT2D eigenvalue weighted by Crippen LogP contribution is 2.16. The first-order valence-corrected chi connectivity index (χ1v) is 23.0. The van der Waals surface area contributed by atoms with Crippen molar-refractivity contribution in [3.8, 4) is 0 Å².